The lowest BCUT2D eigenvalue weighted by atomic mass is 10.0. The van der Waals surface area contributed by atoms with Crippen molar-refractivity contribution in [3.05, 3.63) is 71.9 Å². The summed E-state index contributed by atoms with van der Waals surface area (Å²) in [6, 6.07) is 13.7. The first-order valence-corrected chi connectivity index (χ1v) is 9.35. The van der Waals surface area contributed by atoms with E-state index in [9.17, 15) is 9.59 Å². The maximum absolute atomic E-state index is 12.3. The molecule has 0 bridgehead atoms. The van der Waals surface area contributed by atoms with E-state index in [0.29, 0.717) is 24.3 Å². The number of aromatic nitrogens is 1. The zero-order chi connectivity index (χ0) is 19.5. The molecule has 1 aliphatic rings. The fourth-order valence-electron chi connectivity index (χ4n) is 3.44. The van der Waals surface area contributed by atoms with Crippen molar-refractivity contribution in [2.45, 2.75) is 26.3 Å². The van der Waals surface area contributed by atoms with Crippen LogP contribution in [0.2, 0.25) is 0 Å². The number of oxazole rings is 1. The van der Waals surface area contributed by atoms with Crippen LogP contribution in [-0.2, 0) is 17.8 Å². The van der Waals surface area contributed by atoms with Gasteiger partial charge in [0.15, 0.2) is 6.39 Å². The molecule has 1 N–H and O–H groups in total. The molecule has 6 heteroatoms. The lowest BCUT2D eigenvalue weighted by Gasteiger charge is -2.16. The Morgan fingerprint density at radius 3 is 2.64 bits per heavy atom. The van der Waals surface area contributed by atoms with Crippen LogP contribution in [0.15, 0.2) is 59.5 Å². The number of nitrogens with zero attached hydrogens (tertiary/aromatic N) is 2. The van der Waals surface area contributed by atoms with Crippen molar-refractivity contribution >= 4 is 17.5 Å². The van der Waals surface area contributed by atoms with Crippen LogP contribution in [0.3, 0.4) is 0 Å². The molecule has 0 spiro atoms. The summed E-state index contributed by atoms with van der Waals surface area (Å²) in [6.45, 7) is 2.94. The molecule has 0 unspecified atom stereocenters. The average molecular weight is 375 g/mol. The van der Waals surface area contributed by atoms with E-state index in [1.165, 1.54) is 12.0 Å². The lowest BCUT2D eigenvalue weighted by molar-refractivity contribution is -0.118. The highest BCUT2D eigenvalue weighted by Crippen LogP contribution is 2.32. The van der Waals surface area contributed by atoms with Gasteiger partial charge in [0.05, 0.1) is 12.7 Å². The number of fused-ring (bicyclic) bond motifs is 1. The van der Waals surface area contributed by atoms with Crippen LogP contribution in [0.1, 0.15) is 35.0 Å². The summed E-state index contributed by atoms with van der Waals surface area (Å²) in [5, 5.41) is 2.81. The highest BCUT2D eigenvalue weighted by Gasteiger charge is 2.23. The SMILES string of the molecule is CCC(=O)N1CCc2cc(-c3ccc(C(=O)NCc4cnco4)cc3)ccc21. The summed E-state index contributed by atoms with van der Waals surface area (Å²) in [5.74, 6) is 0.608. The lowest BCUT2D eigenvalue weighted by Crippen LogP contribution is -2.27. The summed E-state index contributed by atoms with van der Waals surface area (Å²) in [5.41, 5.74) is 4.91. The number of amides is 2. The fraction of sp³-hybridized carbons (Fsp3) is 0.227. The average Bonchev–Trinajstić information content (AvgIpc) is 3.41. The van der Waals surface area contributed by atoms with E-state index < -0.39 is 0 Å². The number of carbonyl (C=O) groups is 2. The monoisotopic (exact) mass is 375 g/mol. The van der Waals surface area contributed by atoms with Gasteiger partial charge < -0.3 is 14.6 Å². The topological polar surface area (TPSA) is 75.4 Å². The van der Waals surface area contributed by atoms with Crippen LogP contribution in [0.5, 0.6) is 0 Å². The van der Waals surface area contributed by atoms with Crippen LogP contribution < -0.4 is 10.2 Å². The van der Waals surface area contributed by atoms with Crippen molar-refractivity contribution in [3.63, 3.8) is 0 Å². The molecule has 0 radical (unpaired) electrons. The van der Waals surface area contributed by atoms with E-state index in [-0.39, 0.29) is 11.8 Å². The molecule has 142 valence electrons. The number of carbonyl (C=O) groups excluding carboxylic acids is 2. The van der Waals surface area contributed by atoms with Gasteiger partial charge >= 0.3 is 0 Å². The first-order valence-electron chi connectivity index (χ1n) is 9.35. The molecule has 0 atom stereocenters. The molecule has 1 aromatic heterocycles. The smallest absolute Gasteiger partial charge is 0.251 e. The standard InChI is InChI=1S/C22H21N3O3/c1-2-21(26)25-10-9-18-11-17(7-8-20(18)25)15-3-5-16(6-4-15)22(27)24-13-19-12-23-14-28-19/h3-8,11-12,14H,2,9-10,13H2,1H3,(H,24,27). The second kappa shape index (κ2) is 7.68. The van der Waals surface area contributed by atoms with Gasteiger partial charge in [-0.15, -0.1) is 0 Å². The number of rotatable bonds is 5. The van der Waals surface area contributed by atoms with Crippen LogP contribution in [0, 0.1) is 0 Å². The minimum absolute atomic E-state index is 0.159. The molecule has 0 saturated heterocycles. The van der Waals surface area contributed by atoms with E-state index in [2.05, 4.69) is 16.4 Å². The molecule has 3 aromatic rings. The van der Waals surface area contributed by atoms with Crippen molar-refractivity contribution < 1.29 is 14.0 Å². The normalized spacial score (nSPS) is 12.7. The number of benzene rings is 2. The Bertz CT molecular complexity index is 994. The summed E-state index contributed by atoms with van der Waals surface area (Å²) < 4.78 is 5.11. The van der Waals surface area contributed by atoms with E-state index in [1.807, 2.05) is 48.2 Å². The maximum atomic E-state index is 12.3. The molecular formula is C22H21N3O3. The van der Waals surface area contributed by atoms with Crippen LogP contribution in [0.4, 0.5) is 5.69 Å². The molecule has 1 aliphatic heterocycles. The van der Waals surface area contributed by atoms with Gasteiger partial charge in [-0.3, -0.25) is 9.59 Å². The van der Waals surface area contributed by atoms with Gasteiger partial charge in [0.25, 0.3) is 5.91 Å². The summed E-state index contributed by atoms with van der Waals surface area (Å²) in [6.07, 6.45) is 4.30. The molecule has 0 saturated carbocycles. The first kappa shape index (κ1) is 18.0. The van der Waals surface area contributed by atoms with Crippen molar-refractivity contribution in [1.82, 2.24) is 10.3 Å². The molecule has 0 fully saturated rings. The van der Waals surface area contributed by atoms with E-state index >= 15 is 0 Å². The summed E-state index contributed by atoms with van der Waals surface area (Å²) >= 11 is 0. The Morgan fingerprint density at radius 2 is 1.93 bits per heavy atom. The fourth-order valence-corrected chi connectivity index (χ4v) is 3.44. The quantitative estimate of drug-likeness (QED) is 0.740. The third kappa shape index (κ3) is 3.53. The molecule has 6 nitrogen and oxygen atoms in total. The third-order valence-corrected chi connectivity index (χ3v) is 4.97. The minimum Gasteiger partial charge on any atom is -0.447 e. The van der Waals surface area contributed by atoms with Crippen molar-refractivity contribution in [2.75, 3.05) is 11.4 Å². The number of hydrogen-bond acceptors (Lipinski definition) is 4. The summed E-state index contributed by atoms with van der Waals surface area (Å²) in [7, 11) is 0. The number of nitrogens with one attached hydrogen (secondary N) is 1. The van der Waals surface area contributed by atoms with Gasteiger partial charge in [-0.1, -0.05) is 25.1 Å². The van der Waals surface area contributed by atoms with Crippen LogP contribution in [-0.4, -0.2) is 23.3 Å². The zero-order valence-electron chi connectivity index (χ0n) is 15.6. The first-order chi connectivity index (χ1) is 13.7. The van der Waals surface area contributed by atoms with Crippen molar-refractivity contribution in [1.29, 1.82) is 0 Å². The molecular weight excluding hydrogens is 354 g/mol. The van der Waals surface area contributed by atoms with E-state index in [0.717, 1.165) is 29.8 Å². The Morgan fingerprint density at radius 1 is 1.14 bits per heavy atom. The molecule has 4 rings (SSSR count). The Labute approximate surface area is 163 Å². The Kier molecular flexibility index (Phi) is 4.93. The van der Waals surface area contributed by atoms with E-state index in [1.54, 1.807) is 6.20 Å². The number of hydrogen-bond donors (Lipinski definition) is 1. The van der Waals surface area contributed by atoms with Gasteiger partial charge in [-0.25, -0.2) is 4.98 Å². The Balaban J connectivity index is 1.47. The van der Waals surface area contributed by atoms with Gasteiger partial charge in [0, 0.05) is 24.2 Å². The van der Waals surface area contributed by atoms with E-state index in [4.69, 9.17) is 4.42 Å². The van der Waals surface area contributed by atoms with Crippen LogP contribution >= 0.6 is 0 Å². The zero-order valence-corrected chi connectivity index (χ0v) is 15.6. The highest BCUT2D eigenvalue weighted by molar-refractivity contribution is 5.96. The molecule has 2 amide bonds. The molecule has 0 aliphatic carbocycles. The second-order valence-corrected chi connectivity index (χ2v) is 6.72. The third-order valence-electron chi connectivity index (χ3n) is 4.97. The predicted octanol–water partition coefficient (Wildman–Crippen LogP) is 3.57. The Hall–Kier alpha value is -3.41. The highest BCUT2D eigenvalue weighted by atomic mass is 16.3. The summed E-state index contributed by atoms with van der Waals surface area (Å²) in [4.78, 5) is 30.0. The molecule has 28 heavy (non-hydrogen) atoms. The van der Waals surface area contributed by atoms with Gasteiger partial charge in [-0.05, 0) is 47.4 Å². The van der Waals surface area contributed by atoms with Gasteiger partial charge in [0.1, 0.15) is 5.76 Å². The maximum Gasteiger partial charge on any atom is 0.251 e. The van der Waals surface area contributed by atoms with Gasteiger partial charge in [0.2, 0.25) is 5.91 Å². The largest absolute Gasteiger partial charge is 0.447 e. The van der Waals surface area contributed by atoms with Crippen LogP contribution in [0.25, 0.3) is 11.1 Å². The number of anilines is 1. The van der Waals surface area contributed by atoms with Crippen molar-refractivity contribution in [2.24, 2.45) is 0 Å². The molecule has 2 heterocycles. The molecule has 2 aromatic carbocycles. The predicted molar refractivity (Wildman–Crippen MR) is 106 cm³/mol. The minimum atomic E-state index is -0.161. The van der Waals surface area contributed by atoms with Gasteiger partial charge in [-0.2, -0.15) is 0 Å². The second-order valence-electron chi connectivity index (χ2n) is 6.72. The van der Waals surface area contributed by atoms with Crippen molar-refractivity contribution in [3.8, 4) is 11.1 Å².